The molecule has 0 saturated carbocycles. The van der Waals surface area contributed by atoms with Gasteiger partial charge in [0.25, 0.3) is 0 Å². The second-order valence-electron chi connectivity index (χ2n) is 3.92. The van der Waals surface area contributed by atoms with E-state index in [9.17, 15) is 4.79 Å². The molecule has 0 saturated heterocycles. The predicted molar refractivity (Wildman–Crippen MR) is 57.3 cm³/mol. The summed E-state index contributed by atoms with van der Waals surface area (Å²) >= 11 is 0. The number of ether oxygens (including phenoxy) is 1. The van der Waals surface area contributed by atoms with E-state index in [2.05, 4.69) is 5.43 Å². The van der Waals surface area contributed by atoms with Crippen LogP contribution in [0.3, 0.4) is 0 Å². The number of nitrogens with one attached hydrogen (secondary N) is 1. The largest absolute Gasteiger partial charge is 0.443 e. The lowest BCUT2D eigenvalue weighted by atomic mass is 10.2. The van der Waals surface area contributed by atoms with Crippen molar-refractivity contribution in [3.05, 3.63) is 12.2 Å². The third-order valence-electron chi connectivity index (χ3n) is 1.47. The topological polar surface area (TPSA) is 41.6 Å². The second-order valence-corrected chi connectivity index (χ2v) is 3.92. The van der Waals surface area contributed by atoms with Gasteiger partial charge in [-0.3, -0.25) is 0 Å². The van der Waals surface area contributed by atoms with Gasteiger partial charge in [-0.2, -0.15) is 0 Å². The number of hydrazine groups is 1. The molecule has 0 spiro atoms. The number of rotatable bonds is 0. The normalized spacial score (nSPS) is 16.1. The van der Waals surface area contributed by atoms with Gasteiger partial charge in [0.1, 0.15) is 5.60 Å². The van der Waals surface area contributed by atoms with Crippen molar-refractivity contribution in [1.82, 2.24) is 10.4 Å². The van der Waals surface area contributed by atoms with Crippen LogP contribution in [0.4, 0.5) is 4.79 Å². The summed E-state index contributed by atoms with van der Waals surface area (Å²) in [6.45, 7) is 6.80. The fraction of sp³-hybridized carbons (Fsp3) is 0.667. The van der Waals surface area contributed by atoms with E-state index in [1.807, 2.05) is 32.9 Å². The van der Waals surface area contributed by atoms with Crippen LogP contribution in [0.1, 0.15) is 20.8 Å². The van der Waals surface area contributed by atoms with E-state index in [1.54, 1.807) is 0 Å². The summed E-state index contributed by atoms with van der Waals surface area (Å²) in [5.41, 5.74) is 2.48. The molecular weight excluding hydrogens is 204 g/mol. The summed E-state index contributed by atoms with van der Waals surface area (Å²) in [5.74, 6) is 0. The number of hydrogen-bond donors (Lipinski definition) is 1. The number of carbonyl (C=O) groups excluding carboxylic acids is 1. The third-order valence-corrected chi connectivity index (χ3v) is 1.47. The quantitative estimate of drug-likeness (QED) is 0.632. The minimum atomic E-state index is -0.431. The smallest absolute Gasteiger partial charge is 0.425 e. The molecule has 0 bridgehead atoms. The van der Waals surface area contributed by atoms with E-state index in [-0.39, 0.29) is 18.5 Å². The molecule has 4 nitrogen and oxygen atoms in total. The fourth-order valence-electron chi connectivity index (χ4n) is 0.947. The van der Waals surface area contributed by atoms with Crippen molar-refractivity contribution < 1.29 is 9.53 Å². The van der Waals surface area contributed by atoms with Gasteiger partial charge in [0.05, 0.1) is 6.54 Å². The number of amides is 1. The predicted octanol–water partition coefficient (Wildman–Crippen LogP) is 1.72. The van der Waals surface area contributed by atoms with E-state index >= 15 is 0 Å². The summed E-state index contributed by atoms with van der Waals surface area (Å²) < 4.78 is 5.17. The van der Waals surface area contributed by atoms with E-state index in [0.717, 1.165) is 0 Å². The van der Waals surface area contributed by atoms with E-state index < -0.39 is 5.60 Å². The lowest BCUT2D eigenvalue weighted by molar-refractivity contribution is 0.0166. The molecule has 0 radical (unpaired) electrons. The Balaban J connectivity index is 0.00000169. The summed E-state index contributed by atoms with van der Waals surface area (Å²) in [5, 5.41) is 1.46. The van der Waals surface area contributed by atoms with Gasteiger partial charge in [-0.15, -0.1) is 12.4 Å². The zero-order valence-corrected chi connectivity index (χ0v) is 9.56. The average Bonchev–Trinajstić information content (AvgIpc) is 2.03. The van der Waals surface area contributed by atoms with Gasteiger partial charge in [0.2, 0.25) is 0 Å². The Labute approximate surface area is 90.7 Å². The second kappa shape index (κ2) is 5.22. The summed E-state index contributed by atoms with van der Waals surface area (Å²) in [6.07, 6.45) is 3.58. The number of halogens is 1. The van der Waals surface area contributed by atoms with Crippen LogP contribution in [-0.2, 0) is 4.74 Å². The molecule has 1 rings (SSSR count). The summed E-state index contributed by atoms with van der Waals surface area (Å²) in [6, 6.07) is 0. The van der Waals surface area contributed by atoms with Crippen LogP contribution in [0.2, 0.25) is 0 Å². The number of carbonyl (C=O) groups is 1. The van der Waals surface area contributed by atoms with Gasteiger partial charge < -0.3 is 4.74 Å². The van der Waals surface area contributed by atoms with E-state index in [4.69, 9.17) is 4.74 Å². The molecule has 0 aromatic heterocycles. The van der Waals surface area contributed by atoms with Crippen LogP contribution in [0.5, 0.6) is 0 Å². The molecule has 1 aliphatic heterocycles. The summed E-state index contributed by atoms with van der Waals surface area (Å²) in [4.78, 5) is 11.4. The van der Waals surface area contributed by atoms with Crippen LogP contribution in [0, 0.1) is 0 Å². The Morgan fingerprint density at radius 1 is 1.43 bits per heavy atom. The van der Waals surface area contributed by atoms with Crippen molar-refractivity contribution in [1.29, 1.82) is 0 Å². The zero-order chi connectivity index (χ0) is 9.90. The van der Waals surface area contributed by atoms with Gasteiger partial charge >= 0.3 is 6.09 Å². The minimum absolute atomic E-state index is 0. The van der Waals surface area contributed by atoms with Crippen molar-refractivity contribution in [3.8, 4) is 0 Å². The molecule has 0 aliphatic carbocycles. The first kappa shape index (κ1) is 13.3. The molecule has 0 unspecified atom stereocenters. The maximum absolute atomic E-state index is 11.4. The molecule has 1 amide bonds. The number of hydrogen-bond acceptors (Lipinski definition) is 3. The SMILES string of the molecule is CC(C)(C)OC(=O)N1CC=CCN1.Cl. The van der Waals surface area contributed by atoms with Gasteiger partial charge in [-0.1, -0.05) is 12.2 Å². The molecular formula is C9H17ClN2O2. The van der Waals surface area contributed by atoms with Crippen molar-refractivity contribution in [2.75, 3.05) is 13.1 Å². The van der Waals surface area contributed by atoms with Gasteiger partial charge in [0, 0.05) is 6.54 Å². The average molecular weight is 221 g/mol. The highest BCUT2D eigenvalue weighted by Crippen LogP contribution is 2.09. The van der Waals surface area contributed by atoms with Crippen molar-refractivity contribution in [2.45, 2.75) is 26.4 Å². The summed E-state index contributed by atoms with van der Waals surface area (Å²) in [7, 11) is 0. The van der Waals surface area contributed by atoms with Crippen LogP contribution in [0.25, 0.3) is 0 Å². The van der Waals surface area contributed by atoms with Crippen LogP contribution in [0.15, 0.2) is 12.2 Å². The molecule has 1 heterocycles. The Hall–Kier alpha value is -0.740. The van der Waals surface area contributed by atoms with Crippen LogP contribution >= 0.6 is 12.4 Å². The lowest BCUT2D eigenvalue weighted by Crippen LogP contribution is -2.47. The van der Waals surface area contributed by atoms with Crippen molar-refractivity contribution in [3.63, 3.8) is 0 Å². The molecule has 0 atom stereocenters. The molecule has 82 valence electrons. The highest BCUT2D eigenvalue weighted by Gasteiger charge is 2.21. The first-order chi connectivity index (χ1) is 5.99. The van der Waals surface area contributed by atoms with Crippen molar-refractivity contribution >= 4 is 18.5 Å². The first-order valence-electron chi connectivity index (χ1n) is 4.38. The maximum atomic E-state index is 11.4. The van der Waals surface area contributed by atoms with E-state index in [1.165, 1.54) is 5.01 Å². The standard InChI is InChI=1S/C9H16N2O2.ClH/c1-9(2,3)13-8(12)11-7-5-4-6-10-11;/h4-5,10H,6-7H2,1-3H3;1H. The monoisotopic (exact) mass is 220 g/mol. The molecule has 1 N–H and O–H groups in total. The third kappa shape index (κ3) is 4.48. The highest BCUT2D eigenvalue weighted by molar-refractivity contribution is 5.85. The van der Waals surface area contributed by atoms with Gasteiger partial charge in [-0.05, 0) is 20.8 Å². The Morgan fingerprint density at radius 3 is 2.50 bits per heavy atom. The van der Waals surface area contributed by atoms with E-state index in [0.29, 0.717) is 13.1 Å². The van der Waals surface area contributed by atoms with Crippen molar-refractivity contribution in [2.24, 2.45) is 0 Å². The van der Waals surface area contributed by atoms with Crippen LogP contribution < -0.4 is 5.43 Å². The Kier molecular flexibility index (Phi) is 4.94. The Morgan fingerprint density at radius 2 is 2.07 bits per heavy atom. The van der Waals surface area contributed by atoms with Crippen LogP contribution in [-0.4, -0.2) is 29.8 Å². The minimum Gasteiger partial charge on any atom is -0.443 e. The number of nitrogens with zero attached hydrogens (tertiary/aromatic N) is 1. The van der Waals surface area contributed by atoms with Gasteiger partial charge in [0.15, 0.2) is 0 Å². The first-order valence-corrected chi connectivity index (χ1v) is 4.38. The maximum Gasteiger partial charge on any atom is 0.425 e. The zero-order valence-electron chi connectivity index (χ0n) is 8.74. The molecule has 0 aromatic rings. The fourth-order valence-corrected chi connectivity index (χ4v) is 0.947. The molecule has 0 fully saturated rings. The van der Waals surface area contributed by atoms with Gasteiger partial charge in [-0.25, -0.2) is 15.2 Å². The highest BCUT2D eigenvalue weighted by atomic mass is 35.5. The molecule has 14 heavy (non-hydrogen) atoms. The Bertz CT molecular complexity index is 223. The molecule has 1 aliphatic rings. The lowest BCUT2D eigenvalue weighted by Gasteiger charge is -2.28. The molecule has 0 aromatic carbocycles. The molecule has 5 heteroatoms.